The quantitative estimate of drug-likeness (QED) is 0.878. The molecule has 1 atom stereocenters. The van der Waals surface area contributed by atoms with Crippen LogP contribution in [0.1, 0.15) is 16.7 Å². The van der Waals surface area contributed by atoms with Gasteiger partial charge in [-0.2, -0.15) is 0 Å². The molecule has 0 radical (unpaired) electrons. The molecule has 3 nitrogen and oxygen atoms in total. The minimum Gasteiger partial charge on any atom is -0.378 e. The molecule has 1 saturated heterocycles. The van der Waals surface area contributed by atoms with Crippen molar-refractivity contribution in [2.24, 2.45) is 0 Å². The maximum atomic E-state index is 5.49. The third kappa shape index (κ3) is 3.80. The summed E-state index contributed by atoms with van der Waals surface area (Å²) >= 11 is 0. The van der Waals surface area contributed by atoms with Crippen LogP contribution in [-0.4, -0.2) is 44.3 Å². The summed E-state index contributed by atoms with van der Waals surface area (Å²) in [5, 5.41) is 3.50. The van der Waals surface area contributed by atoms with Gasteiger partial charge in [0.15, 0.2) is 0 Å². The first-order valence-electron chi connectivity index (χ1n) is 6.71. The number of ether oxygens (including phenoxy) is 1. The summed E-state index contributed by atoms with van der Waals surface area (Å²) in [6.45, 7) is 9.03. The topological polar surface area (TPSA) is 24.5 Å². The molecule has 1 aromatic rings. The van der Waals surface area contributed by atoms with Gasteiger partial charge in [0.05, 0.1) is 13.2 Å². The van der Waals surface area contributed by atoms with E-state index < -0.39 is 0 Å². The molecule has 0 aromatic heterocycles. The van der Waals surface area contributed by atoms with Crippen LogP contribution in [0.4, 0.5) is 0 Å². The van der Waals surface area contributed by atoms with Crippen LogP contribution in [0.15, 0.2) is 18.2 Å². The van der Waals surface area contributed by atoms with Crippen molar-refractivity contribution in [3.63, 3.8) is 0 Å². The molecule has 1 N–H and O–H groups in total. The Morgan fingerprint density at radius 1 is 1.39 bits per heavy atom. The molecule has 3 heteroatoms. The lowest BCUT2D eigenvalue weighted by molar-refractivity contribution is 0.0645. The summed E-state index contributed by atoms with van der Waals surface area (Å²) in [5.74, 6) is 0. The highest BCUT2D eigenvalue weighted by atomic mass is 16.5. The van der Waals surface area contributed by atoms with E-state index in [4.69, 9.17) is 4.74 Å². The van der Waals surface area contributed by atoms with Gasteiger partial charge in [0.25, 0.3) is 0 Å². The number of nitrogens with one attached hydrogen (secondary N) is 1. The van der Waals surface area contributed by atoms with Gasteiger partial charge in [0.1, 0.15) is 0 Å². The van der Waals surface area contributed by atoms with E-state index in [1.807, 2.05) is 0 Å². The van der Waals surface area contributed by atoms with E-state index in [1.165, 1.54) is 16.7 Å². The lowest BCUT2D eigenvalue weighted by atomic mass is 10.1. The van der Waals surface area contributed by atoms with Gasteiger partial charge in [-0.3, -0.25) is 0 Å². The fourth-order valence-corrected chi connectivity index (χ4v) is 2.44. The maximum Gasteiger partial charge on any atom is 0.0632 e. The second-order valence-corrected chi connectivity index (χ2v) is 5.35. The first-order valence-corrected chi connectivity index (χ1v) is 6.71. The number of benzene rings is 1. The fourth-order valence-electron chi connectivity index (χ4n) is 2.44. The largest absolute Gasteiger partial charge is 0.378 e. The summed E-state index contributed by atoms with van der Waals surface area (Å²) in [5.41, 5.74) is 4.14. The number of hydrogen-bond donors (Lipinski definition) is 1. The molecule has 1 aromatic carbocycles. The molecule has 0 amide bonds. The highest BCUT2D eigenvalue weighted by Gasteiger charge is 2.15. The second kappa shape index (κ2) is 6.32. The average Bonchev–Trinajstić information content (AvgIpc) is 2.35. The van der Waals surface area contributed by atoms with Crippen LogP contribution in [0.25, 0.3) is 0 Å². The molecule has 1 unspecified atom stereocenters. The van der Waals surface area contributed by atoms with Crippen LogP contribution < -0.4 is 5.32 Å². The Balaban J connectivity index is 1.89. The molecule has 18 heavy (non-hydrogen) atoms. The minimum absolute atomic E-state index is 0.467. The van der Waals surface area contributed by atoms with Crippen LogP contribution >= 0.6 is 0 Å². The predicted molar refractivity (Wildman–Crippen MR) is 74.9 cm³/mol. The first kappa shape index (κ1) is 13.5. The summed E-state index contributed by atoms with van der Waals surface area (Å²) in [7, 11) is 2.18. The van der Waals surface area contributed by atoms with Gasteiger partial charge in [-0.05, 0) is 32.0 Å². The summed E-state index contributed by atoms with van der Waals surface area (Å²) in [6, 6.07) is 7.14. The Kier molecular flexibility index (Phi) is 4.75. The van der Waals surface area contributed by atoms with Crippen molar-refractivity contribution in [3.05, 3.63) is 34.9 Å². The van der Waals surface area contributed by atoms with Crippen molar-refractivity contribution in [1.29, 1.82) is 0 Å². The van der Waals surface area contributed by atoms with E-state index in [1.54, 1.807) is 0 Å². The Bertz CT molecular complexity index is 386. The molecular weight excluding hydrogens is 224 g/mol. The number of aryl methyl sites for hydroxylation is 2. The Morgan fingerprint density at radius 3 is 2.94 bits per heavy atom. The summed E-state index contributed by atoms with van der Waals surface area (Å²) in [4.78, 5) is 2.37. The molecule has 1 aliphatic heterocycles. The van der Waals surface area contributed by atoms with Gasteiger partial charge in [-0.15, -0.1) is 0 Å². The van der Waals surface area contributed by atoms with Gasteiger partial charge in [-0.1, -0.05) is 23.8 Å². The lowest BCUT2D eigenvalue weighted by Gasteiger charge is -2.28. The van der Waals surface area contributed by atoms with E-state index in [0.29, 0.717) is 6.04 Å². The number of likely N-dealkylation sites (N-methyl/N-ethyl adjacent to an activating group) is 1. The number of hydrogen-bond acceptors (Lipinski definition) is 3. The first-order chi connectivity index (χ1) is 8.65. The summed E-state index contributed by atoms with van der Waals surface area (Å²) < 4.78 is 5.49. The van der Waals surface area contributed by atoms with Crippen LogP contribution in [0, 0.1) is 13.8 Å². The molecule has 0 bridgehead atoms. The number of nitrogens with zero attached hydrogens (tertiary/aromatic N) is 1. The van der Waals surface area contributed by atoms with E-state index in [0.717, 1.165) is 32.8 Å². The van der Waals surface area contributed by atoms with Crippen molar-refractivity contribution in [2.75, 3.05) is 33.4 Å². The molecule has 1 fully saturated rings. The van der Waals surface area contributed by atoms with Gasteiger partial charge >= 0.3 is 0 Å². The van der Waals surface area contributed by atoms with Crippen molar-refractivity contribution in [2.45, 2.75) is 26.4 Å². The van der Waals surface area contributed by atoms with Gasteiger partial charge in [0.2, 0.25) is 0 Å². The normalized spacial score (nSPS) is 20.3. The monoisotopic (exact) mass is 248 g/mol. The van der Waals surface area contributed by atoms with Gasteiger partial charge < -0.3 is 15.0 Å². The third-order valence-corrected chi connectivity index (χ3v) is 3.48. The van der Waals surface area contributed by atoms with E-state index in [9.17, 15) is 0 Å². The van der Waals surface area contributed by atoms with Crippen LogP contribution in [-0.2, 0) is 11.3 Å². The highest BCUT2D eigenvalue weighted by molar-refractivity contribution is 5.30. The minimum atomic E-state index is 0.467. The van der Waals surface area contributed by atoms with Crippen molar-refractivity contribution in [1.82, 2.24) is 10.2 Å². The fraction of sp³-hybridized carbons (Fsp3) is 0.600. The molecule has 1 heterocycles. The zero-order valence-corrected chi connectivity index (χ0v) is 11.7. The summed E-state index contributed by atoms with van der Waals surface area (Å²) in [6.07, 6.45) is 0. The second-order valence-electron chi connectivity index (χ2n) is 5.35. The van der Waals surface area contributed by atoms with E-state index in [2.05, 4.69) is 49.3 Å². The van der Waals surface area contributed by atoms with Crippen LogP contribution in [0.3, 0.4) is 0 Å². The smallest absolute Gasteiger partial charge is 0.0632 e. The van der Waals surface area contributed by atoms with E-state index in [-0.39, 0.29) is 0 Å². The third-order valence-electron chi connectivity index (χ3n) is 3.48. The van der Waals surface area contributed by atoms with Gasteiger partial charge in [-0.25, -0.2) is 0 Å². The maximum absolute atomic E-state index is 5.49. The molecular formula is C15H24N2O. The van der Waals surface area contributed by atoms with Crippen molar-refractivity contribution < 1.29 is 4.74 Å². The Morgan fingerprint density at radius 2 is 2.22 bits per heavy atom. The number of morpholine rings is 1. The molecule has 0 saturated carbocycles. The highest BCUT2D eigenvalue weighted by Crippen LogP contribution is 2.13. The van der Waals surface area contributed by atoms with Crippen molar-refractivity contribution >= 4 is 0 Å². The Labute approximate surface area is 110 Å². The average molecular weight is 248 g/mol. The zero-order chi connectivity index (χ0) is 13.0. The lowest BCUT2D eigenvalue weighted by Crippen LogP contribution is -2.47. The predicted octanol–water partition coefficient (Wildman–Crippen LogP) is 1.72. The van der Waals surface area contributed by atoms with Crippen molar-refractivity contribution in [3.8, 4) is 0 Å². The molecule has 2 rings (SSSR count). The SMILES string of the molecule is Cc1ccc(C)c(CN(C)CC2COCCN2)c1. The standard InChI is InChI=1S/C15H24N2O/c1-12-4-5-13(2)14(8-12)9-17(3)10-15-11-18-7-6-16-15/h4-5,8,15-16H,6-7,9-11H2,1-3H3. The van der Waals surface area contributed by atoms with Crippen LogP contribution in [0.2, 0.25) is 0 Å². The number of rotatable bonds is 4. The molecule has 0 aliphatic carbocycles. The van der Waals surface area contributed by atoms with Crippen LogP contribution in [0.5, 0.6) is 0 Å². The molecule has 1 aliphatic rings. The Hall–Kier alpha value is -0.900. The molecule has 100 valence electrons. The van der Waals surface area contributed by atoms with E-state index >= 15 is 0 Å². The zero-order valence-electron chi connectivity index (χ0n) is 11.7. The van der Waals surface area contributed by atoms with Gasteiger partial charge in [0, 0.05) is 25.7 Å². The molecule has 0 spiro atoms.